The summed E-state index contributed by atoms with van der Waals surface area (Å²) in [5.74, 6) is -0.875. The van der Waals surface area contributed by atoms with Crippen LogP contribution in [0.15, 0.2) is 31.0 Å². The minimum atomic E-state index is -3.66. The van der Waals surface area contributed by atoms with Gasteiger partial charge in [0.15, 0.2) is 0 Å². The molecule has 0 aliphatic carbocycles. The average Bonchev–Trinajstić information content (AvgIpc) is 2.30. The van der Waals surface area contributed by atoms with E-state index in [9.17, 15) is 18.0 Å². The van der Waals surface area contributed by atoms with Crippen molar-refractivity contribution in [3.8, 4) is 0 Å². The number of aromatic nitrogens is 1. The fourth-order valence-corrected chi connectivity index (χ4v) is 2.46. The van der Waals surface area contributed by atoms with Gasteiger partial charge in [0.2, 0.25) is 10.0 Å². The first-order chi connectivity index (χ1) is 8.35. The second-order valence-corrected chi connectivity index (χ2v) is 5.56. The number of nitrogens with one attached hydrogen (secondary N) is 2. The van der Waals surface area contributed by atoms with Gasteiger partial charge in [-0.1, -0.05) is 0 Å². The molecule has 96 valence electrons. The zero-order chi connectivity index (χ0) is 13.5. The number of H-pyrrole nitrogens is 1. The Labute approximate surface area is 102 Å². The van der Waals surface area contributed by atoms with Gasteiger partial charge in [0.05, 0.1) is 15.8 Å². The van der Waals surface area contributed by atoms with Crippen molar-refractivity contribution < 1.29 is 12.8 Å². The molecule has 0 fully saturated rings. The first kappa shape index (κ1) is 12.5. The molecule has 2 aromatic rings. The van der Waals surface area contributed by atoms with Crippen LogP contribution in [0.5, 0.6) is 0 Å². The number of fused-ring (bicyclic) bond motifs is 1. The molecule has 1 aromatic carbocycles. The summed E-state index contributed by atoms with van der Waals surface area (Å²) in [6.45, 7) is 1.59. The van der Waals surface area contributed by atoms with E-state index in [1.807, 2.05) is 0 Å². The van der Waals surface area contributed by atoms with Crippen molar-refractivity contribution in [1.29, 1.82) is 0 Å². The minimum absolute atomic E-state index is 0.0171. The number of benzene rings is 1. The van der Waals surface area contributed by atoms with Crippen LogP contribution < -0.4 is 16.1 Å². The van der Waals surface area contributed by atoms with Gasteiger partial charge < -0.3 is 4.42 Å². The van der Waals surface area contributed by atoms with Gasteiger partial charge in [-0.25, -0.2) is 22.7 Å². The number of aryl methyl sites for hydroxylation is 1. The molecule has 0 amide bonds. The van der Waals surface area contributed by atoms with Crippen LogP contribution in [0.25, 0.3) is 10.9 Å². The van der Waals surface area contributed by atoms with E-state index in [0.717, 1.165) is 6.07 Å². The van der Waals surface area contributed by atoms with Crippen LogP contribution in [0.3, 0.4) is 0 Å². The van der Waals surface area contributed by atoms with Crippen molar-refractivity contribution in [2.45, 2.75) is 11.8 Å². The lowest BCUT2D eigenvalue weighted by molar-refractivity contribution is 0.460. The Kier molecular flexibility index (Phi) is 2.83. The molecule has 7 nitrogen and oxygen atoms in total. The molecular formula is C10H10N2O5S. The maximum atomic E-state index is 11.7. The maximum Gasteiger partial charge on any atom is 0.419 e. The summed E-state index contributed by atoms with van der Waals surface area (Å²) >= 11 is 0. The van der Waals surface area contributed by atoms with E-state index in [2.05, 4.69) is 14.1 Å². The van der Waals surface area contributed by atoms with Gasteiger partial charge >= 0.3 is 11.4 Å². The number of hydrogen-bond donors (Lipinski definition) is 2. The Bertz CT molecular complexity index is 831. The number of rotatable bonds is 2. The Hall–Kier alpha value is -1.93. The van der Waals surface area contributed by atoms with Crippen molar-refractivity contribution >= 4 is 20.9 Å². The smallest absolute Gasteiger partial charge is 0.372 e. The van der Waals surface area contributed by atoms with Crippen LogP contribution >= 0.6 is 0 Å². The summed E-state index contributed by atoms with van der Waals surface area (Å²) in [6, 6.07) is 2.53. The zero-order valence-corrected chi connectivity index (χ0v) is 10.4. The van der Waals surface area contributed by atoms with E-state index in [1.165, 1.54) is 13.1 Å². The number of sulfonamides is 1. The molecule has 0 aliphatic heterocycles. The maximum absolute atomic E-state index is 11.7. The van der Waals surface area contributed by atoms with Gasteiger partial charge in [-0.3, -0.25) is 4.98 Å². The standard InChI is InChI=1S/C10H10N2O5S/c1-5-3-6(18(15,16)11-2)4-7-8(5)12-10(14)17-9(7)13/h3-4,11H,1-2H3,(H,12,14). The topological polar surface area (TPSA) is 109 Å². The van der Waals surface area contributed by atoms with Gasteiger partial charge in [-0.2, -0.15) is 0 Å². The number of aromatic amines is 1. The highest BCUT2D eigenvalue weighted by molar-refractivity contribution is 7.89. The molecule has 0 unspecified atom stereocenters. The van der Waals surface area contributed by atoms with Crippen molar-refractivity contribution in [2.75, 3.05) is 7.05 Å². The molecule has 0 radical (unpaired) electrons. The van der Waals surface area contributed by atoms with E-state index >= 15 is 0 Å². The van der Waals surface area contributed by atoms with E-state index in [1.54, 1.807) is 6.92 Å². The predicted molar refractivity (Wildman–Crippen MR) is 64.1 cm³/mol. The van der Waals surface area contributed by atoms with Crippen LogP contribution in [-0.2, 0) is 10.0 Å². The molecule has 0 atom stereocenters. The first-order valence-electron chi connectivity index (χ1n) is 4.96. The van der Waals surface area contributed by atoms with E-state index in [0.29, 0.717) is 5.56 Å². The number of hydrogen-bond acceptors (Lipinski definition) is 5. The molecule has 0 aliphatic rings. The van der Waals surface area contributed by atoms with Crippen molar-refractivity contribution in [1.82, 2.24) is 9.71 Å². The Morgan fingerprint density at radius 3 is 2.56 bits per heavy atom. The Morgan fingerprint density at radius 1 is 1.28 bits per heavy atom. The second-order valence-electron chi connectivity index (χ2n) is 3.67. The summed E-state index contributed by atoms with van der Waals surface area (Å²) in [6.07, 6.45) is 0. The van der Waals surface area contributed by atoms with Crippen LogP contribution in [0.1, 0.15) is 5.56 Å². The van der Waals surface area contributed by atoms with Gasteiger partial charge in [-0.15, -0.1) is 0 Å². The second kappa shape index (κ2) is 4.07. The third kappa shape index (κ3) is 1.95. The Balaban J connectivity index is 2.95. The molecule has 0 saturated carbocycles. The average molecular weight is 270 g/mol. The summed E-state index contributed by atoms with van der Waals surface area (Å²) in [4.78, 5) is 24.9. The first-order valence-corrected chi connectivity index (χ1v) is 6.45. The third-order valence-corrected chi connectivity index (χ3v) is 3.91. The van der Waals surface area contributed by atoms with Crippen molar-refractivity contribution in [3.05, 3.63) is 38.7 Å². The molecule has 2 rings (SSSR count). The predicted octanol–water partition coefficient (Wildman–Crippen LogP) is -0.302. The van der Waals surface area contributed by atoms with Crippen molar-refractivity contribution in [3.63, 3.8) is 0 Å². The molecular weight excluding hydrogens is 260 g/mol. The van der Waals surface area contributed by atoms with Crippen LogP contribution in [-0.4, -0.2) is 20.4 Å². The molecule has 0 spiro atoms. The van der Waals surface area contributed by atoms with Crippen LogP contribution in [0.4, 0.5) is 0 Å². The third-order valence-electron chi connectivity index (χ3n) is 2.52. The fraction of sp³-hybridized carbons (Fsp3) is 0.200. The van der Waals surface area contributed by atoms with Gasteiger partial charge in [-0.05, 0) is 31.7 Å². The normalized spacial score (nSPS) is 11.9. The fourth-order valence-electron chi connectivity index (χ4n) is 1.62. The highest BCUT2D eigenvalue weighted by atomic mass is 32.2. The van der Waals surface area contributed by atoms with E-state index in [4.69, 9.17) is 0 Å². The largest absolute Gasteiger partial charge is 0.419 e. The lowest BCUT2D eigenvalue weighted by Gasteiger charge is -2.06. The molecule has 0 bridgehead atoms. The SMILES string of the molecule is CNS(=O)(=O)c1cc(C)c2[nH]c(=O)oc(=O)c2c1. The van der Waals surface area contributed by atoms with E-state index < -0.39 is 21.4 Å². The lowest BCUT2D eigenvalue weighted by Crippen LogP contribution is -2.20. The van der Waals surface area contributed by atoms with Gasteiger partial charge in [0.1, 0.15) is 0 Å². The highest BCUT2D eigenvalue weighted by Crippen LogP contribution is 2.18. The Morgan fingerprint density at radius 2 is 1.94 bits per heavy atom. The molecule has 2 N–H and O–H groups in total. The zero-order valence-electron chi connectivity index (χ0n) is 9.60. The molecule has 18 heavy (non-hydrogen) atoms. The quantitative estimate of drug-likeness (QED) is 0.778. The van der Waals surface area contributed by atoms with Crippen LogP contribution in [0.2, 0.25) is 0 Å². The summed E-state index contributed by atoms with van der Waals surface area (Å²) in [5, 5.41) is 0.0171. The lowest BCUT2D eigenvalue weighted by atomic mass is 10.1. The molecule has 1 aromatic heterocycles. The van der Waals surface area contributed by atoms with Gasteiger partial charge in [0, 0.05) is 0 Å². The summed E-state index contributed by atoms with van der Waals surface area (Å²) < 4.78 is 29.8. The molecule has 1 heterocycles. The molecule has 8 heteroatoms. The van der Waals surface area contributed by atoms with E-state index in [-0.39, 0.29) is 15.8 Å². The summed E-state index contributed by atoms with van der Waals surface area (Å²) in [5.41, 5.74) is -0.136. The van der Waals surface area contributed by atoms with Gasteiger partial charge in [0.25, 0.3) is 0 Å². The summed E-state index contributed by atoms with van der Waals surface area (Å²) in [7, 11) is -2.39. The highest BCUT2D eigenvalue weighted by Gasteiger charge is 2.15. The monoisotopic (exact) mass is 270 g/mol. The van der Waals surface area contributed by atoms with Crippen LogP contribution in [0, 0.1) is 6.92 Å². The van der Waals surface area contributed by atoms with Crippen molar-refractivity contribution in [2.24, 2.45) is 0 Å². The minimum Gasteiger partial charge on any atom is -0.372 e. The molecule has 0 saturated heterocycles.